The summed E-state index contributed by atoms with van der Waals surface area (Å²) in [4.78, 5) is 0. The van der Waals surface area contributed by atoms with Crippen LogP contribution in [-0.4, -0.2) is 20.8 Å². The second kappa shape index (κ2) is 7.77. The molecule has 0 aliphatic carbocycles. The van der Waals surface area contributed by atoms with Crippen LogP contribution in [0.1, 0.15) is 31.9 Å². The van der Waals surface area contributed by atoms with Crippen LogP contribution in [0.25, 0.3) is 0 Å². The Labute approximate surface area is 110 Å². The Kier molecular flexibility index (Phi) is 6.29. The molecule has 0 heterocycles. The number of nitrogens with one attached hydrogen (secondary N) is 1. The van der Waals surface area contributed by atoms with Crippen molar-refractivity contribution in [3.8, 4) is 11.5 Å². The molecule has 1 aromatic rings. The normalized spacial score (nSPS) is 12.7. The predicted molar refractivity (Wildman–Crippen MR) is 75.4 cm³/mol. The van der Waals surface area contributed by atoms with Gasteiger partial charge in [0.25, 0.3) is 0 Å². The van der Waals surface area contributed by atoms with Gasteiger partial charge in [0.1, 0.15) is 0 Å². The molecule has 0 spiro atoms. The molecule has 18 heavy (non-hydrogen) atoms. The number of rotatable bonds is 7. The van der Waals surface area contributed by atoms with Gasteiger partial charge >= 0.3 is 0 Å². The van der Waals surface area contributed by atoms with E-state index in [2.05, 4.69) is 30.5 Å². The van der Waals surface area contributed by atoms with Gasteiger partial charge in [-0.25, -0.2) is 0 Å². The number of allylic oxidation sites excluding steroid dienone is 1. The van der Waals surface area contributed by atoms with Crippen LogP contribution < -0.4 is 14.8 Å². The average Bonchev–Trinajstić information content (AvgIpc) is 2.42. The fourth-order valence-electron chi connectivity index (χ4n) is 1.79. The third kappa shape index (κ3) is 4.08. The highest BCUT2D eigenvalue weighted by Gasteiger charge is 2.09. The van der Waals surface area contributed by atoms with Gasteiger partial charge in [0.05, 0.1) is 14.2 Å². The third-order valence-electron chi connectivity index (χ3n) is 2.90. The Morgan fingerprint density at radius 3 is 2.56 bits per heavy atom. The van der Waals surface area contributed by atoms with Crippen molar-refractivity contribution >= 4 is 0 Å². The molecule has 100 valence electrons. The number of hydrogen-bond acceptors (Lipinski definition) is 3. The van der Waals surface area contributed by atoms with Crippen molar-refractivity contribution in [3.05, 3.63) is 35.9 Å². The van der Waals surface area contributed by atoms with Gasteiger partial charge in [-0.3, -0.25) is 0 Å². The van der Waals surface area contributed by atoms with Crippen molar-refractivity contribution in [2.24, 2.45) is 0 Å². The van der Waals surface area contributed by atoms with Crippen molar-refractivity contribution in [1.29, 1.82) is 0 Å². The fourth-order valence-corrected chi connectivity index (χ4v) is 1.79. The van der Waals surface area contributed by atoms with Crippen LogP contribution >= 0.6 is 0 Å². The fraction of sp³-hybridized carbons (Fsp3) is 0.467. The van der Waals surface area contributed by atoms with Crippen LogP contribution in [-0.2, 0) is 0 Å². The van der Waals surface area contributed by atoms with Crippen molar-refractivity contribution in [3.63, 3.8) is 0 Å². The average molecular weight is 249 g/mol. The largest absolute Gasteiger partial charge is 0.493 e. The quantitative estimate of drug-likeness (QED) is 0.594. The zero-order valence-electron chi connectivity index (χ0n) is 11.7. The van der Waals surface area contributed by atoms with E-state index in [0.29, 0.717) is 6.04 Å². The van der Waals surface area contributed by atoms with Crippen molar-refractivity contribution in [2.75, 3.05) is 20.8 Å². The molecule has 0 bridgehead atoms. The summed E-state index contributed by atoms with van der Waals surface area (Å²) in [5.74, 6) is 1.54. The van der Waals surface area contributed by atoms with E-state index >= 15 is 0 Å². The van der Waals surface area contributed by atoms with Gasteiger partial charge in [-0.15, -0.1) is 0 Å². The van der Waals surface area contributed by atoms with E-state index < -0.39 is 0 Å². The van der Waals surface area contributed by atoms with Crippen molar-refractivity contribution in [2.45, 2.75) is 26.3 Å². The van der Waals surface area contributed by atoms with E-state index in [-0.39, 0.29) is 0 Å². The first-order valence-corrected chi connectivity index (χ1v) is 6.29. The van der Waals surface area contributed by atoms with Crippen LogP contribution in [0, 0.1) is 0 Å². The van der Waals surface area contributed by atoms with E-state index in [4.69, 9.17) is 9.47 Å². The highest BCUT2D eigenvalue weighted by Crippen LogP contribution is 2.29. The summed E-state index contributed by atoms with van der Waals surface area (Å²) in [6.07, 6.45) is 5.28. The van der Waals surface area contributed by atoms with Crippen molar-refractivity contribution in [1.82, 2.24) is 5.32 Å². The van der Waals surface area contributed by atoms with Gasteiger partial charge in [0.2, 0.25) is 0 Å². The summed E-state index contributed by atoms with van der Waals surface area (Å²) < 4.78 is 10.5. The lowest BCUT2D eigenvalue weighted by Crippen LogP contribution is -2.19. The lowest BCUT2D eigenvalue weighted by Gasteiger charge is -2.16. The van der Waals surface area contributed by atoms with E-state index in [1.807, 2.05) is 19.1 Å². The molecule has 3 heteroatoms. The summed E-state index contributed by atoms with van der Waals surface area (Å²) >= 11 is 0. The molecule has 0 saturated heterocycles. The first-order chi connectivity index (χ1) is 8.72. The Balaban J connectivity index is 2.65. The maximum atomic E-state index is 5.31. The summed E-state index contributed by atoms with van der Waals surface area (Å²) in [5.41, 5.74) is 1.20. The highest BCUT2D eigenvalue weighted by atomic mass is 16.5. The molecule has 0 amide bonds. The molecule has 0 fully saturated rings. The molecule has 0 saturated carbocycles. The van der Waals surface area contributed by atoms with Crippen molar-refractivity contribution < 1.29 is 9.47 Å². The summed E-state index contributed by atoms with van der Waals surface area (Å²) in [7, 11) is 3.31. The Morgan fingerprint density at radius 2 is 1.94 bits per heavy atom. The van der Waals surface area contributed by atoms with Crippen LogP contribution in [0.4, 0.5) is 0 Å². The first kappa shape index (κ1) is 14.6. The highest BCUT2D eigenvalue weighted by molar-refractivity contribution is 5.43. The predicted octanol–water partition coefficient (Wildman–Crippen LogP) is 3.32. The molecule has 0 aliphatic heterocycles. The van der Waals surface area contributed by atoms with Gasteiger partial charge < -0.3 is 14.8 Å². The van der Waals surface area contributed by atoms with E-state index in [0.717, 1.165) is 24.5 Å². The lowest BCUT2D eigenvalue weighted by molar-refractivity contribution is 0.354. The molecule has 3 nitrogen and oxygen atoms in total. The van der Waals surface area contributed by atoms with E-state index in [9.17, 15) is 0 Å². The van der Waals surface area contributed by atoms with E-state index in [1.165, 1.54) is 5.56 Å². The Bertz CT molecular complexity index is 388. The maximum Gasteiger partial charge on any atom is 0.161 e. The topological polar surface area (TPSA) is 30.5 Å². The van der Waals surface area contributed by atoms with Gasteiger partial charge in [-0.05, 0) is 44.5 Å². The summed E-state index contributed by atoms with van der Waals surface area (Å²) in [6, 6.07) is 6.33. The number of hydrogen-bond donors (Lipinski definition) is 1. The molecule has 0 aliphatic rings. The molecule has 1 N–H and O–H groups in total. The maximum absolute atomic E-state index is 5.31. The SMILES string of the molecule is C/C=C/CCNC(C)c1ccc(OC)c(OC)c1. The molecule has 1 unspecified atom stereocenters. The molecule has 0 aromatic heterocycles. The van der Waals surface area contributed by atoms with Gasteiger partial charge in [-0.2, -0.15) is 0 Å². The summed E-state index contributed by atoms with van der Waals surface area (Å²) in [5, 5.41) is 3.47. The minimum Gasteiger partial charge on any atom is -0.493 e. The van der Waals surface area contributed by atoms with E-state index in [1.54, 1.807) is 14.2 Å². The number of ether oxygens (including phenoxy) is 2. The molecule has 1 aromatic carbocycles. The lowest BCUT2D eigenvalue weighted by atomic mass is 10.1. The molecular weight excluding hydrogens is 226 g/mol. The second-order valence-electron chi connectivity index (χ2n) is 4.15. The molecule has 1 rings (SSSR count). The van der Waals surface area contributed by atoms with Crippen LogP contribution in [0.2, 0.25) is 0 Å². The molecular formula is C15H23NO2. The zero-order valence-corrected chi connectivity index (χ0v) is 11.7. The van der Waals surface area contributed by atoms with Gasteiger partial charge in [0.15, 0.2) is 11.5 Å². The standard InChI is InChI=1S/C15H23NO2/c1-5-6-7-10-16-12(2)13-8-9-14(17-3)15(11-13)18-4/h5-6,8-9,11-12,16H,7,10H2,1-4H3/b6-5+. The Hall–Kier alpha value is -1.48. The number of benzene rings is 1. The van der Waals surface area contributed by atoms with Crippen LogP contribution in [0.5, 0.6) is 11.5 Å². The Morgan fingerprint density at radius 1 is 1.22 bits per heavy atom. The monoisotopic (exact) mass is 249 g/mol. The minimum atomic E-state index is 0.301. The van der Waals surface area contributed by atoms with Gasteiger partial charge in [0, 0.05) is 6.04 Å². The van der Waals surface area contributed by atoms with Crippen LogP contribution in [0.3, 0.4) is 0 Å². The van der Waals surface area contributed by atoms with Crippen LogP contribution in [0.15, 0.2) is 30.4 Å². The van der Waals surface area contributed by atoms with Gasteiger partial charge in [-0.1, -0.05) is 18.2 Å². The molecule has 0 radical (unpaired) electrons. The minimum absolute atomic E-state index is 0.301. The summed E-state index contributed by atoms with van der Waals surface area (Å²) in [6.45, 7) is 5.16. The smallest absolute Gasteiger partial charge is 0.161 e. The zero-order chi connectivity index (χ0) is 13.4. The number of methoxy groups -OCH3 is 2. The first-order valence-electron chi connectivity index (χ1n) is 6.29. The second-order valence-corrected chi connectivity index (χ2v) is 4.15. The molecule has 1 atom stereocenters. The third-order valence-corrected chi connectivity index (χ3v) is 2.90.